The number of nitrogens with one attached hydrogen (secondary N) is 1. The molecule has 1 aliphatic carbocycles. The Morgan fingerprint density at radius 3 is 2.97 bits per heavy atom. The lowest BCUT2D eigenvalue weighted by Crippen LogP contribution is -2.54. The first-order valence-corrected chi connectivity index (χ1v) is 13.4. The van der Waals surface area contributed by atoms with Crippen LogP contribution < -0.4 is 5.32 Å². The molecule has 3 aromatic rings. The Balaban J connectivity index is 1.22. The van der Waals surface area contributed by atoms with Gasteiger partial charge in [0, 0.05) is 46.8 Å². The highest BCUT2D eigenvalue weighted by molar-refractivity contribution is 7.16. The van der Waals surface area contributed by atoms with Gasteiger partial charge in [-0.2, -0.15) is 0 Å². The zero-order chi connectivity index (χ0) is 22.2. The Morgan fingerprint density at radius 2 is 2.16 bits per heavy atom. The zero-order valence-corrected chi connectivity index (χ0v) is 20.9. The van der Waals surface area contributed by atoms with E-state index in [9.17, 15) is 4.79 Å². The average Bonchev–Trinajstić information content (AvgIpc) is 3.07. The number of aromatic nitrogens is 2. The van der Waals surface area contributed by atoms with Crippen molar-refractivity contribution in [1.82, 2.24) is 20.2 Å². The Kier molecular flexibility index (Phi) is 4.92. The quantitative estimate of drug-likeness (QED) is 0.511. The number of aryl methyl sites for hydroxylation is 1. The average molecular weight is 487 g/mol. The van der Waals surface area contributed by atoms with Gasteiger partial charge < -0.3 is 10.2 Å². The van der Waals surface area contributed by atoms with Crippen LogP contribution in [-0.2, 0) is 0 Å². The van der Waals surface area contributed by atoms with E-state index < -0.39 is 0 Å². The Hall–Kier alpha value is -1.54. The first-order chi connectivity index (χ1) is 15.3. The summed E-state index contributed by atoms with van der Waals surface area (Å²) in [5, 5.41) is 7.70. The molecule has 2 saturated heterocycles. The maximum absolute atomic E-state index is 13.4. The summed E-state index contributed by atoms with van der Waals surface area (Å²) in [7, 11) is 1.96. The van der Waals surface area contributed by atoms with Gasteiger partial charge in [0.05, 0.1) is 15.6 Å². The molecule has 3 fully saturated rings. The van der Waals surface area contributed by atoms with E-state index in [1.54, 1.807) is 22.7 Å². The topological polar surface area (TPSA) is 58.1 Å². The number of hydrogen-bond acceptors (Lipinski definition) is 6. The van der Waals surface area contributed by atoms with Crippen molar-refractivity contribution < 1.29 is 4.79 Å². The second-order valence-corrected chi connectivity index (χ2v) is 12.4. The van der Waals surface area contributed by atoms with Crippen molar-refractivity contribution in [2.75, 3.05) is 7.05 Å². The van der Waals surface area contributed by atoms with Crippen LogP contribution in [0.5, 0.6) is 0 Å². The Morgan fingerprint density at radius 1 is 1.31 bits per heavy atom. The molecule has 3 aromatic heterocycles. The third-order valence-electron chi connectivity index (χ3n) is 7.58. The molecule has 1 N–H and O–H groups in total. The first-order valence-electron chi connectivity index (χ1n) is 11.4. The highest BCUT2D eigenvalue weighted by Crippen LogP contribution is 2.58. The molecule has 5 atom stereocenters. The molecule has 6 rings (SSSR count). The lowest BCUT2D eigenvalue weighted by atomic mass is 9.88. The van der Waals surface area contributed by atoms with Crippen molar-refractivity contribution in [2.24, 2.45) is 0 Å². The Labute approximate surface area is 201 Å². The van der Waals surface area contributed by atoms with Crippen molar-refractivity contribution in [1.29, 1.82) is 0 Å². The number of fused-ring (bicyclic) bond motifs is 3. The van der Waals surface area contributed by atoms with Crippen molar-refractivity contribution in [3.63, 3.8) is 0 Å². The third kappa shape index (κ3) is 3.49. The van der Waals surface area contributed by atoms with Gasteiger partial charge in [-0.05, 0) is 63.5 Å². The highest BCUT2D eigenvalue weighted by Gasteiger charge is 2.46. The molecule has 1 saturated carbocycles. The molecule has 2 aliphatic heterocycles. The zero-order valence-electron chi connectivity index (χ0n) is 18.5. The minimum absolute atomic E-state index is 0.105. The molecule has 0 radical (unpaired) electrons. The first kappa shape index (κ1) is 21.0. The van der Waals surface area contributed by atoms with Crippen LogP contribution in [0, 0.1) is 6.92 Å². The highest BCUT2D eigenvalue weighted by atomic mass is 35.5. The van der Waals surface area contributed by atoms with Crippen LogP contribution in [0.2, 0.25) is 5.02 Å². The molecule has 1 amide bonds. The number of thiophene rings is 2. The number of carbonyl (C=O) groups is 1. The molecule has 0 spiro atoms. The van der Waals surface area contributed by atoms with Crippen LogP contribution >= 0.6 is 34.3 Å². The minimum Gasteiger partial charge on any atom is -0.338 e. The standard InChI is InChI=1S/C24H27ClN4OS2/c1-12-26-20(15-5-7-31-22(15)27-12)16-9-17(16)21-18(25)10-19(32-21)23(30)29(3)14-8-13-4-6-24(2,11-14)28-13/h5,7,10,13-14,16-17,28H,4,6,8-9,11H2,1-3H3/t13-,14-,16+,17+,24+/m0/s1. The largest absolute Gasteiger partial charge is 0.338 e. The number of amides is 1. The lowest BCUT2D eigenvalue weighted by Gasteiger charge is -2.40. The molecule has 3 aliphatic rings. The fraction of sp³-hybridized carbons (Fsp3) is 0.542. The van der Waals surface area contributed by atoms with E-state index in [1.807, 2.05) is 24.9 Å². The van der Waals surface area contributed by atoms with Gasteiger partial charge in [-0.15, -0.1) is 22.7 Å². The smallest absolute Gasteiger partial charge is 0.263 e. The fourth-order valence-electron chi connectivity index (χ4n) is 5.83. The van der Waals surface area contributed by atoms with Gasteiger partial charge in [0.2, 0.25) is 0 Å². The summed E-state index contributed by atoms with van der Waals surface area (Å²) in [6.45, 7) is 4.25. The summed E-state index contributed by atoms with van der Waals surface area (Å²) in [6.07, 6.45) is 5.50. The molecule has 0 aromatic carbocycles. The molecule has 0 unspecified atom stereocenters. The van der Waals surface area contributed by atoms with Crippen LogP contribution in [0.25, 0.3) is 10.2 Å². The van der Waals surface area contributed by atoms with E-state index in [2.05, 4.69) is 28.7 Å². The van der Waals surface area contributed by atoms with Crippen LogP contribution in [0.15, 0.2) is 17.5 Å². The lowest BCUT2D eigenvalue weighted by molar-refractivity contribution is 0.0653. The second kappa shape index (κ2) is 7.49. The minimum atomic E-state index is 0.105. The van der Waals surface area contributed by atoms with E-state index in [4.69, 9.17) is 16.6 Å². The van der Waals surface area contributed by atoms with Crippen LogP contribution in [0.4, 0.5) is 0 Å². The summed E-state index contributed by atoms with van der Waals surface area (Å²) >= 11 is 9.91. The van der Waals surface area contributed by atoms with Crippen LogP contribution in [0.3, 0.4) is 0 Å². The molecule has 32 heavy (non-hydrogen) atoms. The number of piperidine rings is 1. The molecule has 8 heteroatoms. The Bertz CT molecular complexity index is 1220. The van der Waals surface area contributed by atoms with E-state index in [-0.39, 0.29) is 17.5 Å². The molecule has 5 nitrogen and oxygen atoms in total. The van der Waals surface area contributed by atoms with E-state index >= 15 is 0 Å². The summed E-state index contributed by atoms with van der Waals surface area (Å²) in [5.74, 6) is 1.62. The SMILES string of the molecule is Cc1nc([C@@H]2C[C@H]2c2sc(C(=O)N(C)[C@H]3C[C@@H]4CC[C@](C)(C3)N4)cc2Cl)c2ccsc2n1. The van der Waals surface area contributed by atoms with Crippen molar-refractivity contribution in [3.05, 3.63) is 43.8 Å². The molecule has 2 bridgehead atoms. The monoisotopic (exact) mass is 486 g/mol. The summed E-state index contributed by atoms with van der Waals surface area (Å²) < 4.78 is 0. The van der Waals surface area contributed by atoms with Gasteiger partial charge in [-0.25, -0.2) is 9.97 Å². The van der Waals surface area contributed by atoms with Gasteiger partial charge in [0.25, 0.3) is 5.91 Å². The second-order valence-electron chi connectivity index (χ2n) is 10.0. The van der Waals surface area contributed by atoms with Gasteiger partial charge in [0.1, 0.15) is 10.7 Å². The van der Waals surface area contributed by atoms with E-state index in [0.717, 1.165) is 55.8 Å². The number of rotatable bonds is 4. The van der Waals surface area contributed by atoms with Gasteiger partial charge in [-0.3, -0.25) is 4.79 Å². The predicted molar refractivity (Wildman–Crippen MR) is 131 cm³/mol. The van der Waals surface area contributed by atoms with E-state index in [1.165, 1.54) is 12.8 Å². The maximum Gasteiger partial charge on any atom is 0.263 e. The number of carbonyl (C=O) groups excluding carboxylic acids is 1. The third-order valence-corrected chi connectivity index (χ3v) is 10.1. The molecule has 168 valence electrons. The van der Waals surface area contributed by atoms with Crippen molar-refractivity contribution >= 4 is 50.4 Å². The number of nitrogens with zero attached hydrogens (tertiary/aromatic N) is 3. The molecule has 5 heterocycles. The van der Waals surface area contributed by atoms with Crippen LogP contribution in [-0.4, -0.2) is 45.4 Å². The molecular weight excluding hydrogens is 460 g/mol. The summed E-state index contributed by atoms with van der Waals surface area (Å²) in [4.78, 5) is 27.6. The van der Waals surface area contributed by atoms with Crippen molar-refractivity contribution in [3.8, 4) is 0 Å². The van der Waals surface area contributed by atoms with Gasteiger partial charge >= 0.3 is 0 Å². The number of halogens is 1. The normalized spacial score (nSPS) is 31.2. The predicted octanol–water partition coefficient (Wildman–Crippen LogP) is 5.73. The molecular formula is C24H27ClN4OS2. The maximum atomic E-state index is 13.4. The van der Waals surface area contributed by atoms with E-state index in [0.29, 0.717) is 17.9 Å². The van der Waals surface area contributed by atoms with Gasteiger partial charge in [0.15, 0.2) is 0 Å². The van der Waals surface area contributed by atoms with Crippen molar-refractivity contribution in [2.45, 2.75) is 75.4 Å². The van der Waals surface area contributed by atoms with Crippen LogP contribution in [0.1, 0.15) is 76.9 Å². The van der Waals surface area contributed by atoms with Gasteiger partial charge in [-0.1, -0.05) is 11.6 Å². The summed E-state index contributed by atoms with van der Waals surface area (Å²) in [6, 6.07) is 4.83. The summed E-state index contributed by atoms with van der Waals surface area (Å²) in [5.41, 5.74) is 1.30. The number of hydrogen-bond donors (Lipinski definition) is 1. The fourth-order valence-corrected chi connectivity index (χ4v) is 8.29.